The predicted molar refractivity (Wildman–Crippen MR) is 199 cm³/mol. The lowest BCUT2D eigenvalue weighted by Gasteiger charge is -2.62. The maximum absolute atomic E-state index is 17.4. The first-order valence-corrected chi connectivity index (χ1v) is 19.6. The number of carbonyl (C=O) groups excluding carboxylic acids is 4. The van der Waals surface area contributed by atoms with Gasteiger partial charge in [0.2, 0.25) is 5.78 Å². The van der Waals surface area contributed by atoms with E-state index in [1.54, 1.807) is 26.8 Å². The van der Waals surface area contributed by atoms with Crippen molar-refractivity contribution < 1.29 is 52.9 Å². The average molecular weight is 771 g/mol. The number of unbranched alkanes of at least 4 members (excludes halogenated alkanes) is 8. The van der Waals surface area contributed by atoms with Crippen LogP contribution in [0.3, 0.4) is 0 Å². The predicted octanol–water partition coefficient (Wildman–Crippen LogP) is 7.26. The summed E-state index contributed by atoms with van der Waals surface area (Å²) in [6, 6.07) is 5.16. The molecule has 55 heavy (non-hydrogen) atoms. The molecule has 3 saturated carbocycles. The molecular formula is C41H55FN2O11. The number of nitrogens with zero attached hydrogens (tertiary/aromatic N) is 1. The third kappa shape index (κ3) is 8.35. The first-order chi connectivity index (χ1) is 26.1. The SMILES string of the molecule is C[C@@H]1CC2C3CCC4=CC(=O)C=CC4(C)[C@@]3(F)C(O)CC2(C)[C@@]1(O)C(=O)COC(=O)NCCCCCCCCCCCOC(=O)Oc1ccc([N+](=O)[O-])cc1. The number of hydrogen-bond acceptors (Lipinski definition) is 11. The summed E-state index contributed by atoms with van der Waals surface area (Å²) in [6.45, 7) is 5.20. The third-order valence-corrected chi connectivity index (χ3v) is 13.0. The highest BCUT2D eigenvalue weighted by atomic mass is 19.1. The molecule has 3 fully saturated rings. The molecule has 1 amide bonds. The summed E-state index contributed by atoms with van der Waals surface area (Å²) in [7, 11) is 0. The summed E-state index contributed by atoms with van der Waals surface area (Å²) in [4.78, 5) is 60.2. The number of fused-ring (bicyclic) bond motifs is 5. The number of rotatable bonds is 17. The van der Waals surface area contributed by atoms with Crippen LogP contribution in [0, 0.1) is 38.7 Å². The van der Waals surface area contributed by atoms with Crippen LogP contribution < -0.4 is 10.1 Å². The Labute approximate surface area is 321 Å². The van der Waals surface area contributed by atoms with Crippen LogP contribution in [0.5, 0.6) is 5.75 Å². The monoisotopic (exact) mass is 770 g/mol. The molecular weight excluding hydrogens is 715 g/mol. The Balaban J connectivity index is 0.937. The second-order valence-electron chi connectivity index (χ2n) is 16.2. The molecule has 14 heteroatoms. The van der Waals surface area contributed by atoms with Crippen molar-refractivity contribution in [3.8, 4) is 5.75 Å². The summed E-state index contributed by atoms with van der Waals surface area (Å²) < 4.78 is 32.7. The van der Waals surface area contributed by atoms with Gasteiger partial charge in [-0.2, -0.15) is 0 Å². The van der Waals surface area contributed by atoms with Crippen LogP contribution >= 0.6 is 0 Å². The number of halogens is 1. The minimum absolute atomic E-state index is 0.0985. The number of aliphatic hydroxyl groups excluding tert-OH is 1. The second-order valence-corrected chi connectivity index (χ2v) is 16.2. The molecule has 4 aliphatic carbocycles. The first kappa shape index (κ1) is 42.0. The van der Waals surface area contributed by atoms with E-state index in [-0.39, 0.29) is 30.2 Å². The number of alkyl carbamates (subject to hydrolysis) is 1. The molecule has 13 nitrogen and oxygen atoms in total. The summed E-state index contributed by atoms with van der Waals surface area (Å²) in [5, 5.41) is 37.0. The minimum Gasteiger partial charge on any atom is -0.441 e. The van der Waals surface area contributed by atoms with Gasteiger partial charge < -0.3 is 29.7 Å². The number of nitro groups is 1. The van der Waals surface area contributed by atoms with E-state index in [0.29, 0.717) is 37.8 Å². The van der Waals surface area contributed by atoms with Crippen molar-refractivity contribution in [1.29, 1.82) is 0 Å². The number of benzene rings is 1. The molecule has 1 aromatic rings. The Bertz CT molecular complexity index is 1670. The zero-order valence-electron chi connectivity index (χ0n) is 32.1. The van der Waals surface area contributed by atoms with Crippen molar-refractivity contribution in [1.82, 2.24) is 5.32 Å². The quantitative estimate of drug-likeness (QED) is 0.0475. The van der Waals surface area contributed by atoms with Crippen LogP contribution in [0.4, 0.5) is 19.7 Å². The molecule has 0 bridgehead atoms. The number of amides is 1. The van der Waals surface area contributed by atoms with Crippen molar-refractivity contribution >= 4 is 29.5 Å². The second kappa shape index (κ2) is 17.3. The Hall–Kier alpha value is -4.17. The fraction of sp³-hybridized carbons (Fsp3) is 0.659. The van der Waals surface area contributed by atoms with Crippen molar-refractivity contribution in [2.45, 2.75) is 122 Å². The molecule has 3 N–H and O–H groups in total. The van der Waals surface area contributed by atoms with Crippen molar-refractivity contribution in [3.05, 3.63) is 58.2 Å². The van der Waals surface area contributed by atoms with Crippen LogP contribution in [-0.4, -0.2) is 76.1 Å². The molecule has 5 unspecified atom stereocenters. The van der Waals surface area contributed by atoms with Gasteiger partial charge >= 0.3 is 12.2 Å². The van der Waals surface area contributed by atoms with E-state index < -0.39 is 75.5 Å². The van der Waals surface area contributed by atoms with Gasteiger partial charge in [0.05, 0.1) is 17.6 Å². The number of allylic oxidation sites excluding steroid dienone is 4. The standard InChI is InChI=1S/C41H55FN2O11/c1-27-23-33-32-18-13-28-24-30(45)19-20-38(28,2)40(32,42)34(46)25-39(33,3)41(27,50)35(47)26-54-36(48)43-21-11-9-7-5-4-6-8-10-12-22-53-37(49)55-31-16-14-29(15-17-31)44(51)52/h14-17,19-20,24,27,32-34,46,50H,4-13,18,21-23,25-26H2,1-3H3,(H,43,48)/t27-,32?,33?,34?,38?,39?,40+,41+/m1/s1. The number of carbonyl (C=O) groups is 4. The number of ether oxygens (including phenoxy) is 3. The maximum Gasteiger partial charge on any atom is 0.513 e. The van der Waals surface area contributed by atoms with E-state index in [1.807, 2.05) is 0 Å². The van der Waals surface area contributed by atoms with Gasteiger partial charge in [-0.3, -0.25) is 19.7 Å². The molecule has 302 valence electrons. The van der Waals surface area contributed by atoms with Gasteiger partial charge in [0.1, 0.15) is 11.4 Å². The highest BCUT2D eigenvalue weighted by Gasteiger charge is 2.75. The molecule has 0 aliphatic heterocycles. The molecule has 0 saturated heterocycles. The number of alkyl halides is 1. The summed E-state index contributed by atoms with van der Waals surface area (Å²) in [5.41, 5.74) is -5.73. The summed E-state index contributed by atoms with van der Waals surface area (Å²) in [6.07, 6.45) is 10.8. The number of aliphatic hydroxyl groups is 2. The van der Waals surface area contributed by atoms with E-state index >= 15 is 4.39 Å². The molecule has 0 radical (unpaired) electrons. The van der Waals surface area contributed by atoms with E-state index in [0.717, 1.165) is 51.4 Å². The molecule has 0 spiro atoms. The Morgan fingerprint density at radius 1 is 0.982 bits per heavy atom. The lowest BCUT2D eigenvalue weighted by atomic mass is 9.44. The molecule has 8 atom stereocenters. The van der Waals surface area contributed by atoms with E-state index in [9.17, 15) is 39.5 Å². The number of nitro benzene ring substituents is 1. The number of nitrogens with one attached hydrogen (secondary N) is 1. The van der Waals surface area contributed by atoms with Gasteiger partial charge in [0, 0.05) is 35.4 Å². The van der Waals surface area contributed by atoms with Gasteiger partial charge in [0.15, 0.2) is 18.1 Å². The van der Waals surface area contributed by atoms with Gasteiger partial charge in [-0.1, -0.05) is 70.4 Å². The van der Waals surface area contributed by atoms with Gasteiger partial charge in [0.25, 0.3) is 5.69 Å². The number of hydrogen-bond donors (Lipinski definition) is 3. The largest absolute Gasteiger partial charge is 0.513 e. The highest BCUT2D eigenvalue weighted by molar-refractivity contribution is 6.01. The van der Waals surface area contributed by atoms with Crippen LogP contribution in [0.25, 0.3) is 0 Å². The molecule has 5 rings (SSSR count). The third-order valence-electron chi connectivity index (χ3n) is 13.0. The molecule has 1 aromatic carbocycles. The van der Waals surface area contributed by atoms with Crippen LogP contribution in [0.1, 0.15) is 104 Å². The maximum atomic E-state index is 17.4. The van der Waals surface area contributed by atoms with Gasteiger partial charge in [-0.15, -0.1) is 0 Å². The fourth-order valence-corrected chi connectivity index (χ4v) is 10.0. The van der Waals surface area contributed by atoms with Crippen molar-refractivity contribution in [2.75, 3.05) is 19.8 Å². The fourth-order valence-electron chi connectivity index (χ4n) is 10.0. The molecule has 0 heterocycles. The zero-order chi connectivity index (χ0) is 40.0. The zero-order valence-corrected chi connectivity index (χ0v) is 32.1. The minimum atomic E-state index is -2.07. The highest BCUT2D eigenvalue weighted by Crippen LogP contribution is 2.70. The lowest BCUT2D eigenvalue weighted by Crippen LogP contribution is -2.69. The number of Topliss-reactive ketones (excluding diaryl/α,β-unsaturated/α-hetero) is 1. The van der Waals surface area contributed by atoms with Gasteiger partial charge in [-0.25, -0.2) is 14.0 Å². The van der Waals surface area contributed by atoms with E-state index in [1.165, 1.54) is 36.4 Å². The van der Waals surface area contributed by atoms with Crippen LogP contribution in [0.2, 0.25) is 0 Å². The Kier molecular flexibility index (Phi) is 13.2. The number of non-ortho nitro benzene ring substituents is 1. The normalized spacial score (nSPS) is 32.0. The van der Waals surface area contributed by atoms with Crippen molar-refractivity contribution in [2.24, 2.45) is 28.6 Å². The molecule has 0 aromatic heterocycles. The van der Waals surface area contributed by atoms with Crippen molar-refractivity contribution in [3.63, 3.8) is 0 Å². The lowest BCUT2D eigenvalue weighted by molar-refractivity contribution is -0.384. The topological polar surface area (TPSA) is 192 Å². The Morgan fingerprint density at radius 2 is 1.62 bits per heavy atom. The summed E-state index contributed by atoms with van der Waals surface area (Å²) in [5.74, 6) is -2.27. The van der Waals surface area contributed by atoms with E-state index in [2.05, 4.69) is 5.32 Å². The first-order valence-electron chi connectivity index (χ1n) is 19.6. The van der Waals surface area contributed by atoms with Crippen LogP contribution in [-0.2, 0) is 19.1 Å². The van der Waals surface area contributed by atoms with Gasteiger partial charge in [-0.05, 0) is 81.6 Å². The summed E-state index contributed by atoms with van der Waals surface area (Å²) >= 11 is 0. The Morgan fingerprint density at radius 3 is 2.27 bits per heavy atom. The average Bonchev–Trinajstić information content (AvgIpc) is 3.34. The smallest absolute Gasteiger partial charge is 0.441 e. The van der Waals surface area contributed by atoms with Crippen LogP contribution in [0.15, 0.2) is 48.1 Å². The van der Waals surface area contributed by atoms with E-state index in [4.69, 9.17) is 14.2 Å². The molecule has 4 aliphatic rings. The number of ketones is 2.